The Kier molecular flexibility index (Phi) is 3.77. The number of rotatable bonds is 4. The Balaban J connectivity index is 3.51. The van der Waals surface area contributed by atoms with Crippen LogP contribution >= 0.6 is 10.7 Å². The van der Waals surface area contributed by atoms with E-state index in [4.69, 9.17) is 20.5 Å². The second-order valence-electron chi connectivity index (χ2n) is 2.81. The number of ether oxygens (including phenoxy) is 1. The summed E-state index contributed by atoms with van der Waals surface area (Å²) in [6, 6.07) is 3.74. The van der Waals surface area contributed by atoms with Crippen LogP contribution in [0.2, 0.25) is 0 Å². The quantitative estimate of drug-likeness (QED) is 0.838. The third-order valence-corrected chi connectivity index (χ3v) is 3.11. The van der Waals surface area contributed by atoms with Gasteiger partial charge in [0, 0.05) is 10.7 Å². The molecule has 1 rings (SSSR count). The first-order valence-electron chi connectivity index (χ1n) is 4.31. The smallest absolute Gasteiger partial charge is 0.339 e. The van der Waals surface area contributed by atoms with Gasteiger partial charge >= 0.3 is 5.97 Å². The lowest BCUT2D eigenvalue weighted by molar-refractivity contribution is 0.0692. The van der Waals surface area contributed by atoms with E-state index < -0.39 is 15.0 Å². The molecule has 88 valence electrons. The van der Waals surface area contributed by atoms with Crippen molar-refractivity contribution < 1.29 is 23.1 Å². The van der Waals surface area contributed by atoms with E-state index >= 15 is 0 Å². The zero-order valence-electron chi connectivity index (χ0n) is 8.31. The Morgan fingerprint density at radius 2 is 2.12 bits per heavy atom. The molecule has 0 unspecified atom stereocenters. The Labute approximate surface area is 97.0 Å². The first-order chi connectivity index (χ1) is 7.38. The first kappa shape index (κ1) is 12.8. The Hall–Kier alpha value is -1.27. The van der Waals surface area contributed by atoms with E-state index in [1.165, 1.54) is 18.2 Å². The van der Waals surface area contributed by atoms with Crippen LogP contribution in [0.3, 0.4) is 0 Å². The lowest BCUT2D eigenvalue weighted by Crippen LogP contribution is -2.06. The number of carbonyl (C=O) groups is 1. The van der Waals surface area contributed by atoms with Gasteiger partial charge in [0.25, 0.3) is 9.05 Å². The molecule has 0 atom stereocenters. The molecule has 0 aromatic heterocycles. The molecule has 0 saturated carbocycles. The van der Waals surface area contributed by atoms with Gasteiger partial charge < -0.3 is 9.84 Å². The van der Waals surface area contributed by atoms with E-state index in [0.717, 1.165) is 0 Å². The Morgan fingerprint density at radius 3 is 2.56 bits per heavy atom. The van der Waals surface area contributed by atoms with Crippen LogP contribution < -0.4 is 4.74 Å². The number of benzene rings is 1. The van der Waals surface area contributed by atoms with E-state index in [1.807, 2.05) is 0 Å². The molecule has 0 radical (unpaired) electrons. The van der Waals surface area contributed by atoms with Crippen LogP contribution in [0.1, 0.15) is 17.3 Å². The average molecular weight is 265 g/mol. The minimum atomic E-state index is -4.03. The number of hydrogen-bond acceptors (Lipinski definition) is 4. The van der Waals surface area contributed by atoms with Crippen LogP contribution in [-0.2, 0) is 9.05 Å². The number of carboxylic acids is 1. The van der Waals surface area contributed by atoms with Crippen LogP contribution in [0, 0.1) is 0 Å². The zero-order chi connectivity index (χ0) is 12.3. The highest BCUT2D eigenvalue weighted by molar-refractivity contribution is 8.13. The largest absolute Gasteiger partial charge is 0.492 e. The van der Waals surface area contributed by atoms with Crippen molar-refractivity contribution in [1.82, 2.24) is 0 Å². The topological polar surface area (TPSA) is 80.7 Å². The molecule has 0 amide bonds. The molecule has 0 spiro atoms. The maximum atomic E-state index is 11.2. The zero-order valence-corrected chi connectivity index (χ0v) is 9.88. The summed E-state index contributed by atoms with van der Waals surface area (Å²) in [5, 5.41) is 8.86. The SMILES string of the molecule is CCOc1c(C(=O)O)cccc1S(=O)(=O)Cl. The lowest BCUT2D eigenvalue weighted by Gasteiger charge is -2.10. The molecule has 1 aromatic rings. The number of aromatic carboxylic acids is 1. The molecule has 0 aliphatic heterocycles. The average Bonchev–Trinajstić information content (AvgIpc) is 2.16. The summed E-state index contributed by atoms with van der Waals surface area (Å²) in [5.41, 5.74) is -0.233. The van der Waals surface area contributed by atoms with Crippen molar-refractivity contribution in [3.05, 3.63) is 23.8 Å². The molecule has 7 heteroatoms. The molecule has 0 saturated heterocycles. The first-order valence-corrected chi connectivity index (χ1v) is 6.62. The summed E-state index contributed by atoms with van der Waals surface area (Å²) < 4.78 is 27.4. The summed E-state index contributed by atoms with van der Waals surface area (Å²) in [5.74, 6) is -1.50. The maximum absolute atomic E-state index is 11.2. The van der Waals surface area contributed by atoms with Gasteiger partial charge in [-0.3, -0.25) is 0 Å². The lowest BCUT2D eigenvalue weighted by atomic mass is 10.2. The molecule has 0 bridgehead atoms. The molecule has 1 N–H and O–H groups in total. The molecule has 1 aromatic carbocycles. The summed E-state index contributed by atoms with van der Waals surface area (Å²) in [4.78, 5) is 10.5. The van der Waals surface area contributed by atoms with Crippen molar-refractivity contribution in [2.24, 2.45) is 0 Å². The van der Waals surface area contributed by atoms with Crippen molar-refractivity contribution in [3.63, 3.8) is 0 Å². The molecule has 0 aliphatic carbocycles. The van der Waals surface area contributed by atoms with E-state index in [9.17, 15) is 13.2 Å². The van der Waals surface area contributed by atoms with E-state index in [1.54, 1.807) is 6.92 Å². The minimum Gasteiger partial charge on any atom is -0.492 e. The summed E-state index contributed by atoms with van der Waals surface area (Å²) in [6.45, 7) is 1.76. The van der Waals surface area contributed by atoms with E-state index in [2.05, 4.69) is 0 Å². The van der Waals surface area contributed by atoms with Gasteiger partial charge in [-0.15, -0.1) is 0 Å². The highest BCUT2D eigenvalue weighted by Crippen LogP contribution is 2.30. The summed E-state index contributed by atoms with van der Waals surface area (Å²) >= 11 is 0. The van der Waals surface area contributed by atoms with Gasteiger partial charge in [0.05, 0.1) is 6.61 Å². The third-order valence-electron chi connectivity index (χ3n) is 1.76. The van der Waals surface area contributed by atoms with Crippen molar-refractivity contribution in [1.29, 1.82) is 0 Å². The van der Waals surface area contributed by atoms with Gasteiger partial charge in [-0.2, -0.15) is 0 Å². The molecule has 0 heterocycles. The molecule has 0 fully saturated rings. The van der Waals surface area contributed by atoms with Gasteiger partial charge in [0.2, 0.25) is 0 Å². The molecular weight excluding hydrogens is 256 g/mol. The fourth-order valence-electron chi connectivity index (χ4n) is 1.17. The van der Waals surface area contributed by atoms with Crippen LogP contribution in [0.15, 0.2) is 23.1 Å². The monoisotopic (exact) mass is 264 g/mol. The minimum absolute atomic E-state index is 0.143. The second-order valence-corrected chi connectivity index (χ2v) is 5.34. The highest BCUT2D eigenvalue weighted by Gasteiger charge is 2.22. The predicted octanol–water partition coefficient (Wildman–Crippen LogP) is 1.71. The van der Waals surface area contributed by atoms with Crippen LogP contribution in [0.5, 0.6) is 5.75 Å². The number of halogens is 1. The highest BCUT2D eigenvalue weighted by atomic mass is 35.7. The second kappa shape index (κ2) is 4.71. The fourth-order valence-corrected chi connectivity index (χ4v) is 2.17. The van der Waals surface area contributed by atoms with Crippen molar-refractivity contribution in [2.75, 3.05) is 6.61 Å². The maximum Gasteiger partial charge on any atom is 0.339 e. The van der Waals surface area contributed by atoms with Gasteiger partial charge in [0.15, 0.2) is 5.75 Å². The normalized spacial score (nSPS) is 11.1. The fraction of sp³-hybridized carbons (Fsp3) is 0.222. The number of para-hydroxylation sites is 1. The molecule has 5 nitrogen and oxygen atoms in total. The van der Waals surface area contributed by atoms with Gasteiger partial charge in [-0.1, -0.05) is 6.07 Å². The number of carboxylic acid groups (broad SMARTS) is 1. The van der Waals surface area contributed by atoms with Crippen LogP contribution in [0.25, 0.3) is 0 Å². The molecule has 0 aliphatic rings. The number of hydrogen-bond donors (Lipinski definition) is 1. The molecule has 16 heavy (non-hydrogen) atoms. The standard InChI is InChI=1S/C9H9ClO5S/c1-2-15-8-6(9(11)12)4-3-5-7(8)16(10,13)14/h3-5H,2H2,1H3,(H,11,12). The predicted molar refractivity (Wildman–Crippen MR) is 57.6 cm³/mol. The van der Waals surface area contributed by atoms with E-state index in [0.29, 0.717) is 0 Å². The van der Waals surface area contributed by atoms with Crippen LogP contribution in [-0.4, -0.2) is 26.1 Å². The van der Waals surface area contributed by atoms with Gasteiger partial charge in [0.1, 0.15) is 10.5 Å². The van der Waals surface area contributed by atoms with Gasteiger partial charge in [-0.25, -0.2) is 13.2 Å². The van der Waals surface area contributed by atoms with Crippen molar-refractivity contribution in [3.8, 4) is 5.75 Å². The van der Waals surface area contributed by atoms with Gasteiger partial charge in [-0.05, 0) is 19.1 Å². The summed E-state index contributed by atoms with van der Waals surface area (Å²) in [7, 11) is 1.15. The van der Waals surface area contributed by atoms with Crippen molar-refractivity contribution >= 4 is 25.7 Å². The summed E-state index contributed by atoms with van der Waals surface area (Å²) in [6.07, 6.45) is 0. The Bertz CT molecular complexity index is 509. The van der Waals surface area contributed by atoms with Crippen molar-refractivity contribution in [2.45, 2.75) is 11.8 Å². The Morgan fingerprint density at radius 1 is 1.50 bits per heavy atom. The van der Waals surface area contributed by atoms with E-state index in [-0.39, 0.29) is 22.8 Å². The molecular formula is C9H9ClO5S. The van der Waals surface area contributed by atoms with Crippen LogP contribution in [0.4, 0.5) is 0 Å². The third kappa shape index (κ3) is 2.65.